The summed E-state index contributed by atoms with van der Waals surface area (Å²) in [5.41, 5.74) is 5.08. The molecular formula is C44H40ClFN4O7. The van der Waals surface area contributed by atoms with E-state index in [2.05, 4.69) is 10.3 Å². The van der Waals surface area contributed by atoms with Crippen molar-refractivity contribution in [1.82, 2.24) is 5.01 Å². The number of morpholine rings is 1. The largest absolute Gasteiger partial charge is 0.491 e. The highest BCUT2D eigenvalue weighted by Crippen LogP contribution is 2.65. The van der Waals surface area contributed by atoms with Crippen molar-refractivity contribution in [3.63, 3.8) is 0 Å². The first-order chi connectivity index (χ1) is 27.7. The van der Waals surface area contributed by atoms with Crippen molar-refractivity contribution in [3.05, 3.63) is 131 Å². The smallest absolute Gasteiger partial charge is 0.260 e. The first-order valence-electron chi connectivity index (χ1n) is 19.2. The maximum Gasteiger partial charge on any atom is 0.260 e. The van der Waals surface area contributed by atoms with Crippen LogP contribution in [-0.4, -0.2) is 73.3 Å². The zero-order valence-electron chi connectivity index (χ0n) is 30.9. The fraction of sp³-hybridized carbons (Fsp3) is 0.318. The monoisotopic (exact) mass is 790 g/mol. The molecule has 4 aromatic rings. The summed E-state index contributed by atoms with van der Waals surface area (Å²) in [4.78, 5) is 62.9. The van der Waals surface area contributed by atoms with E-state index in [1.807, 2.05) is 30.3 Å². The SMILES string of the molecule is O=C1C2CC3C(=CCC4C(=O)N(c5ccc(N6CCOCC6)cc5)C(=O)C43)C(c3ccccc3OCCO)C2(c2ccc(Cl)cc2)C(=O)N1Nc1ccc(F)cc1. The van der Waals surface area contributed by atoms with Crippen molar-refractivity contribution in [2.45, 2.75) is 24.2 Å². The molecule has 3 aliphatic heterocycles. The molecule has 0 bridgehead atoms. The van der Waals surface area contributed by atoms with E-state index in [1.165, 1.54) is 29.2 Å². The number of hydrogen-bond donors (Lipinski definition) is 2. The molecule has 4 fully saturated rings. The molecule has 11 nitrogen and oxygen atoms in total. The average molecular weight is 791 g/mol. The molecule has 0 aromatic heterocycles. The van der Waals surface area contributed by atoms with E-state index in [-0.39, 0.29) is 37.9 Å². The van der Waals surface area contributed by atoms with Crippen LogP contribution < -0.4 is 20.0 Å². The van der Waals surface area contributed by atoms with Gasteiger partial charge in [-0.1, -0.05) is 53.6 Å². The fourth-order valence-electron chi connectivity index (χ4n) is 9.89. The number of anilines is 3. The van der Waals surface area contributed by atoms with Crippen molar-refractivity contribution in [2.75, 3.05) is 54.7 Å². The molecule has 0 radical (unpaired) electrons. The van der Waals surface area contributed by atoms with E-state index in [9.17, 15) is 23.9 Å². The van der Waals surface area contributed by atoms with Crippen LogP contribution in [0.1, 0.15) is 29.9 Å². The van der Waals surface area contributed by atoms with Crippen molar-refractivity contribution in [2.24, 2.45) is 23.7 Å². The first-order valence-corrected chi connectivity index (χ1v) is 19.6. The fourth-order valence-corrected chi connectivity index (χ4v) is 10.0. The number of carbonyl (C=O) groups is 4. The summed E-state index contributed by atoms with van der Waals surface area (Å²) >= 11 is 6.41. The number of hydrazine groups is 1. The number of amides is 4. The van der Waals surface area contributed by atoms with Crippen LogP contribution in [0.3, 0.4) is 0 Å². The minimum Gasteiger partial charge on any atom is -0.491 e. The first kappa shape index (κ1) is 37.0. The molecule has 6 atom stereocenters. The number of aliphatic hydroxyl groups excluding tert-OH is 1. The number of halogens is 2. The van der Waals surface area contributed by atoms with Gasteiger partial charge in [-0.3, -0.25) is 29.5 Å². The van der Waals surface area contributed by atoms with E-state index < -0.39 is 52.6 Å². The van der Waals surface area contributed by atoms with Gasteiger partial charge >= 0.3 is 0 Å². The van der Waals surface area contributed by atoms with E-state index in [1.54, 1.807) is 48.5 Å². The number of allylic oxidation sites excluding steroid dienone is 2. The standard InChI is InChI=1S/C44H40ClFN4O7/c45-27-7-5-26(6-8-27)44-36(41(53)50(43(44)55)47-29-11-9-28(46)10-12-29)25-35-32(39(44)33-3-1-2-4-37(33)57-24-21-51)17-18-34-38(35)42(54)49(40(34)52)31-15-13-30(14-16-31)48-19-22-56-23-20-48/h1-17,34-36,38-39,47,51H,18-25H2. The van der Waals surface area contributed by atoms with E-state index in [0.29, 0.717) is 46.5 Å². The number of fused-ring (bicyclic) bond motifs is 4. The Hall–Kier alpha value is -5.56. The molecule has 13 heteroatoms. The molecule has 1 saturated carbocycles. The molecule has 9 rings (SSSR count). The highest BCUT2D eigenvalue weighted by molar-refractivity contribution is 6.30. The zero-order chi connectivity index (χ0) is 39.4. The van der Waals surface area contributed by atoms with Crippen LogP contribution >= 0.6 is 11.6 Å². The van der Waals surface area contributed by atoms with E-state index in [0.717, 1.165) is 29.4 Å². The topological polar surface area (TPSA) is 129 Å². The molecule has 4 aromatic carbocycles. The third-order valence-electron chi connectivity index (χ3n) is 12.3. The Morgan fingerprint density at radius 2 is 1.54 bits per heavy atom. The molecule has 3 heterocycles. The van der Waals surface area contributed by atoms with Gasteiger partial charge in [0.15, 0.2) is 0 Å². The normalized spacial score (nSPS) is 26.9. The second-order valence-electron chi connectivity index (χ2n) is 15.1. The van der Waals surface area contributed by atoms with Gasteiger partial charge in [-0.2, -0.15) is 5.01 Å². The predicted molar refractivity (Wildman–Crippen MR) is 210 cm³/mol. The van der Waals surface area contributed by atoms with Gasteiger partial charge in [0.25, 0.3) is 11.8 Å². The molecule has 3 saturated heterocycles. The summed E-state index contributed by atoms with van der Waals surface area (Å²) in [6.07, 6.45) is 2.33. The minimum absolute atomic E-state index is 0.0221. The highest BCUT2D eigenvalue weighted by atomic mass is 35.5. The number of nitrogens with one attached hydrogen (secondary N) is 1. The number of nitrogens with zero attached hydrogens (tertiary/aromatic N) is 3. The maximum atomic E-state index is 15.4. The molecule has 0 spiro atoms. The summed E-state index contributed by atoms with van der Waals surface area (Å²) < 4.78 is 25.6. The second-order valence-corrected chi connectivity index (χ2v) is 15.5. The average Bonchev–Trinajstić information content (AvgIpc) is 3.62. The Kier molecular flexibility index (Phi) is 9.58. The maximum absolute atomic E-state index is 15.4. The minimum atomic E-state index is -1.57. The Morgan fingerprint density at radius 1 is 0.842 bits per heavy atom. The molecule has 292 valence electrons. The molecule has 57 heavy (non-hydrogen) atoms. The Morgan fingerprint density at radius 3 is 2.26 bits per heavy atom. The number of aliphatic hydroxyl groups is 1. The number of hydrogen-bond acceptors (Lipinski definition) is 9. The lowest BCUT2D eigenvalue weighted by Crippen LogP contribution is -2.53. The van der Waals surface area contributed by atoms with Crippen LogP contribution in [-0.2, 0) is 29.3 Å². The van der Waals surface area contributed by atoms with Crippen molar-refractivity contribution in [3.8, 4) is 5.75 Å². The van der Waals surface area contributed by atoms with Gasteiger partial charge < -0.3 is 19.5 Å². The van der Waals surface area contributed by atoms with E-state index >= 15 is 4.79 Å². The van der Waals surface area contributed by atoms with Crippen LogP contribution in [0.5, 0.6) is 5.75 Å². The number of ether oxygens (including phenoxy) is 2. The summed E-state index contributed by atoms with van der Waals surface area (Å²) in [6.45, 7) is 2.45. The van der Waals surface area contributed by atoms with Crippen molar-refractivity contribution in [1.29, 1.82) is 0 Å². The third-order valence-corrected chi connectivity index (χ3v) is 12.6. The van der Waals surface area contributed by atoms with Gasteiger partial charge in [0.05, 0.1) is 54.4 Å². The zero-order valence-corrected chi connectivity index (χ0v) is 31.6. The summed E-state index contributed by atoms with van der Waals surface area (Å²) in [5.74, 6) is -5.70. The Balaban J connectivity index is 1.18. The quantitative estimate of drug-likeness (QED) is 0.158. The number of para-hydroxylation sites is 1. The van der Waals surface area contributed by atoms with E-state index in [4.69, 9.17) is 21.1 Å². The molecule has 2 aliphatic carbocycles. The summed E-state index contributed by atoms with van der Waals surface area (Å²) in [7, 11) is 0. The van der Waals surface area contributed by atoms with Crippen LogP contribution in [0.15, 0.2) is 109 Å². The van der Waals surface area contributed by atoms with Crippen LogP contribution in [0.4, 0.5) is 21.5 Å². The number of carbonyl (C=O) groups excluding carboxylic acids is 4. The lowest BCUT2D eigenvalue weighted by Gasteiger charge is -2.50. The third kappa shape index (κ3) is 6.00. The molecule has 4 amide bonds. The molecule has 6 unspecified atom stereocenters. The number of benzene rings is 4. The molecular weight excluding hydrogens is 751 g/mol. The highest BCUT2D eigenvalue weighted by Gasteiger charge is 2.70. The lowest BCUT2D eigenvalue weighted by atomic mass is 9.49. The molecule has 5 aliphatic rings. The summed E-state index contributed by atoms with van der Waals surface area (Å²) in [5, 5.41) is 11.2. The van der Waals surface area contributed by atoms with Crippen LogP contribution in [0.25, 0.3) is 0 Å². The second kappa shape index (κ2) is 14.7. The van der Waals surface area contributed by atoms with Gasteiger partial charge in [0.2, 0.25) is 11.8 Å². The van der Waals surface area contributed by atoms with Gasteiger partial charge in [-0.05, 0) is 91.1 Å². The van der Waals surface area contributed by atoms with Gasteiger partial charge in [-0.25, -0.2) is 4.39 Å². The lowest BCUT2D eigenvalue weighted by molar-refractivity contribution is -0.138. The number of imide groups is 2. The Bertz CT molecular complexity index is 2260. The van der Waals surface area contributed by atoms with Gasteiger partial charge in [0, 0.05) is 35.3 Å². The Labute approximate surface area is 333 Å². The number of rotatable bonds is 9. The summed E-state index contributed by atoms with van der Waals surface area (Å²) in [6, 6.07) is 26.9. The van der Waals surface area contributed by atoms with Crippen LogP contribution in [0.2, 0.25) is 5.02 Å². The van der Waals surface area contributed by atoms with Gasteiger partial charge in [-0.15, -0.1) is 0 Å². The van der Waals surface area contributed by atoms with Crippen LogP contribution in [0, 0.1) is 29.5 Å². The molecule has 2 N–H and O–H groups in total. The van der Waals surface area contributed by atoms with Gasteiger partial charge in [0.1, 0.15) is 18.2 Å². The van der Waals surface area contributed by atoms with Crippen molar-refractivity contribution < 1.29 is 38.1 Å². The predicted octanol–water partition coefficient (Wildman–Crippen LogP) is 5.88. The van der Waals surface area contributed by atoms with Crippen molar-refractivity contribution >= 4 is 52.3 Å².